The van der Waals surface area contributed by atoms with Crippen LogP contribution in [0.5, 0.6) is 0 Å². The van der Waals surface area contributed by atoms with Gasteiger partial charge in [0, 0.05) is 6.04 Å². The summed E-state index contributed by atoms with van der Waals surface area (Å²) >= 11 is 0. The number of nitrogens with one attached hydrogen (secondary N) is 1. The molecule has 1 unspecified atom stereocenters. The van der Waals surface area contributed by atoms with Crippen molar-refractivity contribution >= 4 is 15.7 Å². The molecule has 5 nitrogen and oxygen atoms in total. The summed E-state index contributed by atoms with van der Waals surface area (Å²) in [5.41, 5.74) is 0. The van der Waals surface area contributed by atoms with E-state index in [4.69, 9.17) is 0 Å². The van der Waals surface area contributed by atoms with Crippen LogP contribution >= 0.6 is 0 Å². The molecule has 0 bridgehead atoms. The highest BCUT2D eigenvalue weighted by atomic mass is 32.2. The van der Waals surface area contributed by atoms with Crippen molar-refractivity contribution in [1.82, 2.24) is 10.2 Å². The van der Waals surface area contributed by atoms with E-state index in [1.807, 2.05) is 4.90 Å². The van der Waals surface area contributed by atoms with Crippen molar-refractivity contribution < 1.29 is 13.2 Å². The van der Waals surface area contributed by atoms with E-state index in [1.165, 1.54) is 0 Å². The van der Waals surface area contributed by atoms with Crippen molar-refractivity contribution in [2.24, 2.45) is 0 Å². The van der Waals surface area contributed by atoms with Gasteiger partial charge in [0.25, 0.3) is 0 Å². The molecule has 2 rings (SSSR count). The SMILES string of the molecule is CCCC1NCN(C2CCS(=O)(=O)CC2)C1=O. The predicted molar refractivity (Wildman–Crippen MR) is 65.2 cm³/mol. The summed E-state index contributed by atoms with van der Waals surface area (Å²) in [4.78, 5) is 13.9. The number of hydrogen-bond acceptors (Lipinski definition) is 4. The third kappa shape index (κ3) is 2.80. The lowest BCUT2D eigenvalue weighted by molar-refractivity contribution is -0.131. The molecule has 0 saturated carbocycles. The standard InChI is InChI=1S/C11H20N2O3S/c1-2-3-10-11(14)13(8-12-10)9-4-6-17(15,16)7-5-9/h9-10,12H,2-8H2,1H3. The summed E-state index contributed by atoms with van der Waals surface area (Å²) in [5.74, 6) is 0.593. The van der Waals surface area contributed by atoms with Gasteiger partial charge in [-0.05, 0) is 19.3 Å². The maximum atomic E-state index is 12.1. The summed E-state index contributed by atoms with van der Waals surface area (Å²) in [5, 5.41) is 3.20. The zero-order valence-electron chi connectivity index (χ0n) is 10.2. The fourth-order valence-electron chi connectivity index (χ4n) is 2.59. The lowest BCUT2D eigenvalue weighted by Gasteiger charge is -2.30. The van der Waals surface area contributed by atoms with Crippen LogP contribution in [0, 0.1) is 0 Å². The van der Waals surface area contributed by atoms with Gasteiger partial charge in [0.2, 0.25) is 5.91 Å². The molecule has 0 aromatic rings. The number of hydrogen-bond donors (Lipinski definition) is 1. The number of carbonyl (C=O) groups excluding carboxylic acids is 1. The molecule has 98 valence electrons. The second-order valence-corrected chi connectivity index (χ2v) is 7.20. The van der Waals surface area contributed by atoms with Crippen molar-refractivity contribution in [2.75, 3.05) is 18.2 Å². The quantitative estimate of drug-likeness (QED) is 0.783. The molecule has 6 heteroatoms. The van der Waals surface area contributed by atoms with Crippen LogP contribution in [-0.2, 0) is 14.6 Å². The Balaban J connectivity index is 1.94. The van der Waals surface area contributed by atoms with Crippen LogP contribution in [0.3, 0.4) is 0 Å². The Morgan fingerprint density at radius 3 is 2.59 bits per heavy atom. The minimum atomic E-state index is -2.84. The maximum Gasteiger partial charge on any atom is 0.241 e. The molecule has 2 saturated heterocycles. The van der Waals surface area contributed by atoms with Crippen molar-refractivity contribution in [2.45, 2.75) is 44.7 Å². The third-order valence-electron chi connectivity index (χ3n) is 3.63. The lowest BCUT2D eigenvalue weighted by atomic mass is 10.1. The highest BCUT2D eigenvalue weighted by Crippen LogP contribution is 2.21. The summed E-state index contributed by atoms with van der Waals surface area (Å²) in [7, 11) is -2.84. The number of sulfone groups is 1. The number of carbonyl (C=O) groups is 1. The molecule has 0 spiro atoms. The first-order valence-corrected chi connectivity index (χ1v) is 8.10. The van der Waals surface area contributed by atoms with Gasteiger partial charge in [-0.2, -0.15) is 0 Å². The van der Waals surface area contributed by atoms with E-state index in [2.05, 4.69) is 12.2 Å². The Morgan fingerprint density at radius 1 is 1.35 bits per heavy atom. The molecule has 1 N–H and O–H groups in total. The largest absolute Gasteiger partial charge is 0.326 e. The molecule has 0 aromatic carbocycles. The van der Waals surface area contributed by atoms with Gasteiger partial charge in [0.1, 0.15) is 9.84 Å². The minimum absolute atomic E-state index is 0.0569. The number of nitrogens with zero attached hydrogens (tertiary/aromatic N) is 1. The van der Waals surface area contributed by atoms with Gasteiger partial charge in [0.15, 0.2) is 0 Å². The monoisotopic (exact) mass is 260 g/mol. The van der Waals surface area contributed by atoms with E-state index < -0.39 is 9.84 Å². The van der Waals surface area contributed by atoms with Gasteiger partial charge < -0.3 is 4.90 Å². The second kappa shape index (κ2) is 4.94. The molecule has 2 aliphatic rings. The highest BCUT2D eigenvalue weighted by Gasteiger charge is 2.37. The molecule has 0 aliphatic carbocycles. The first-order valence-electron chi connectivity index (χ1n) is 6.28. The average molecular weight is 260 g/mol. The van der Waals surface area contributed by atoms with E-state index in [0.29, 0.717) is 19.5 Å². The Morgan fingerprint density at radius 2 is 2.00 bits per heavy atom. The van der Waals surface area contributed by atoms with Gasteiger partial charge >= 0.3 is 0 Å². The van der Waals surface area contributed by atoms with Crippen molar-refractivity contribution in [1.29, 1.82) is 0 Å². The molecule has 0 radical (unpaired) electrons. The van der Waals surface area contributed by atoms with Crippen molar-refractivity contribution in [3.05, 3.63) is 0 Å². The van der Waals surface area contributed by atoms with Crippen LogP contribution in [-0.4, -0.2) is 49.5 Å². The van der Waals surface area contributed by atoms with Gasteiger partial charge in [0.05, 0.1) is 24.2 Å². The van der Waals surface area contributed by atoms with Crippen LogP contribution in [0.1, 0.15) is 32.6 Å². The minimum Gasteiger partial charge on any atom is -0.326 e. The van der Waals surface area contributed by atoms with Gasteiger partial charge in [-0.1, -0.05) is 13.3 Å². The Bertz CT molecular complexity index is 380. The number of amides is 1. The Labute approximate surface area is 102 Å². The van der Waals surface area contributed by atoms with Crippen molar-refractivity contribution in [3.8, 4) is 0 Å². The summed E-state index contributed by atoms with van der Waals surface area (Å²) in [6.07, 6.45) is 3.03. The molecule has 2 aliphatic heterocycles. The van der Waals surface area contributed by atoms with Gasteiger partial charge in [-0.25, -0.2) is 8.42 Å². The molecule has 0 aromatic heterocycles. The Hall–Kier alpha value is -0.620. The first-order chi connectivity index (χ1) is 8.03. The van der Waals surface area contributed by atoms with E-state index in [0.717, 1.165) is 12.8 Å². The summed E-state index contributed by atoms with van der Waals surface area (Å²) in [6, 6.07) is 0.0546. The van der Waals surface area contributed by atoms with E-state index >= 15 is 0 Å². The van der Waals surface area contributed by atoms with E-state index in [-0.39, 0.29) is 29.5 Å². The fourth-order valence-corrected chi connectivity index (χ4v) is 4.05. The van der Waals surface area contributed by atoms with Crippen LogP contribution in [0.4, 0.5) is 0 Å². The fraction of sp³-hybridized carbons (Fsp3) is 0.909. The molecule has 2 heterocycles. The smallest absolute Gasteiger partial charge is 0.241 e. The Kier molecular flexibility index (Phi) is 3.73. The highest BCUT2D eigenvalue weighted by molar-refractivity contribution is 7.91. The normalized spacial score (nSPS) is 29.8. The predicted octanol–water partition coefficient (Wildman–Crippen LogP) is 0.122. The molecule has 1 atom stereocenters. The van der Waals surface area contributed by atoms with Crippen LogP contribution in [0.2, 0.25) is 0 Å². The summed E-state index contributed by atoms with van der Waals surface area (Å²) in [6.45, 7) is 2.64. The van der Waals surface area contributed by atoms with Gasteiger partial charge in [-0.3, -0.25) is 10.1 Å². The van der Waals surface area contributed by atoms with E-state index in [1.54, 1.807) is 0 Å². The first kappa shape index (κ1) is 12.8. The second-order valence-electron chi connectivity index (χ2n) is 4.89. The zero-order chi connectivity index (χ0) is 12.5. The molecule has 1 amide bonds. The van der Waals surface area contributed by atoms with Gasteiger partial charge in [-0.15, -0.1) is 0 Å². The van der Waals surface area contributed by atoms with E-state index in [9.17, 15) is 13.2 Å². The molecule has 17 heavy (non-hydrogen) atoms. The molecular formula is C11H20N2O3S. The molecule has 2 fully saturated rings. The van der Waals surface area contributed by atoms with Crippen LogP contribution in [0.25, 0.3) is 0 Å². The van der Waals surface area contributed by atoms with Crippen LogP contribution in [0.15, 0.2) is 0 Å². The van der Waals surface area contributed by atoms with Crippen molar-refractivity contribution in [3.63, 3.8) is 0 Å². The molecular weight excluding hydrogens is 240 g/mol. The zero-order valence-corrected chi connectivity index (χ0v) is 11.0. The third-order valence-corrected chi connectivity index (χ3v) is 5.35. The topological polar surface area (TPSA) is 66.5 Å². The average Bonchev–Trinajstić information content (AvgIpc) is 2.62. The number of rotatable bonds is 3. The maximum absolute atomic E-state index is 12.1. The lowest BCUT2D eigenvalue weighted by Crippen LogP contribution is -2.43. The van der Waals surface area contributed by atoms with Crippen LogP contribution < -0.4 is 5.32 Å². The summed E-state index contributed by atoms with van der Waals surface area (Å²) < 4.78 is 22.7.